The van der Waals surface area contributed by atoms with Crippen molar-refractivity contribution in [3.8, 4) is 0 Å². The van der Waals surface area contributed by atoms with Gasteiger partial charge in [-0.3, -0.25) is 0 Å². The zero-order valence-electron chi connectivity index (χ0n) is 16.7. The van der Waals surface area contributed by atoms with Gasteiger partial charge in [-0.25, -0.2) is 8.42 Å². The number of rotatable bonds is 4. The minimum Gasteiger partial charge on any atom is -0.413 e. The summed E-state index contributed by atoms with van der Waals surface area (Å²) in [5.41, 5.74) is 0. The van der Waals surface area contributed by atoms with Gasteiger partial charge in [-0.2, -0.15) is 0 Å². The first-order chi connectivity index (χ1) is 11.9. The zero-order chi connectivity index (χ0) is 19.8. The second-order valence-electron chi connectivity index (χ2n) is 8.74. The van der Waals surface area contributed by atoms with Gasteiger partial charge in [0.2, 0.25) is 9.84 Å². The van der Waals surface area contributed by atoms with Crippen molar-refractivity contribution >= 4 is 18.2 Å². The monoisotopic (exact) mass is 396 g/mol. The molecule has 1 aliphatic carbocycles. The summed E-state index contributed by atoms with van der Waals surface area (Å²) in [7, 11) is -5.71. The zero-order valence-corrected chi connectivity index (χ0v) is 18.5. The second kappa shape index (κ2) is 7.58. The molecular weight excluding hydrogens is 364 g/mol. The van der Waals surface area contributed by atoms with Gasteiger partial charge < -0.3 is 9.53 Å². The highest BCUT2D eigenvalue weighted by Gasteiger charge is 2.42. The number of benzene rings is 1. The Labute approximate surface area is 159 Å². The van der Waals surface area contributed by atoms with E-state index in [9.17, 15) is 13.5 Å². The number of hydrogen-bond donors (Lipinski definition) is 1. The van der Waals surface area contributed by atoms with Gasteiger partial charge in [0.1, 0.15) is 0 Å². The van der Waals surface area contributed by atoms with E-state index in [2.05, 4.69) is 33.9 Å². The van der Waals surface area contributed by atoms with Crippen LogP contribution in [0, 0.1) is 5.92 Å². The maximum absolute atomic E-state index is 13.2. The topological polar surface area (TPSA) is 63.6 Å². The van der Waals surface area contributed by atoms with E-state index in [-0.39, 0.29) is 26.9 Å². The third-order valence-corrected chi connectivity index (χ3v) is 12.3. The number of aliphatic hydroxyl groups is 1. The molecule has 0 radical (unpaired) electrons. The van der Waals surface area contributed by atoms with Crippen LogP contribution in [0.3, 0.4) is 0 Å². The van der Waals surface area contributed by atoms with Crippen LogP contribution >= 0.6 is 0 Å². The molecule has 3 unspecified atom stereocenters. The first-order valence-corrected chi connectivity index (χ1v) is 13.6. The van der Waals surface area contributed by atoms with E-state index >= 15 is 0 Å². The molecule has 146 valence electrons. The van der Waals surface area contributed by atoms with Gasteiger partial charge in [-0.05, 0) is 49.2 Å². The Hall–Kier alpha value is -0.953. The summed E-state index contributed by atoms with van der Waals surface area (Å²) < 4.78 is 32.9. The number of sulfone groups is 1. The summed E-state index contributed by atoms with van der Waals surface area (Å²) in [5.74, 6) is -0.300. The molecule has 0 aliphatic heterocycles. The molecule has 0 saturated carbocycles. The Morgan fingerprint density at radius 3 is 2.23 bits per heavy atom. The number of hydrogen-bond acceptors (Lipinski definition) is 4. The van der Waals surface area contributed by atoms with Gasteiger partial charge in [-0.15, -0.1) is 0 Å². The minimum absolute atomic E-state index is 0.0415. The van der Waals surface area contributed by atoms with Crippen LogP contribution in [0.1, 0.15) is 40.5 Å². The average molecular weight is 397 g/mol. The lowest BCUT2D eigenvalue weighted by Crippen LogP contribution is -2.45. The molecule has 0 saturated heterocycles. The third-order valence-electron chi connectivity index (χ3n) is 5.73. The van der Waals surface area contributed by atoms with Gasteiger partial charge in [0.25, 0.3) is 0 Å². The average Bonchev–Trinajstić information content (AvgIpc) is 2.68. The normalized spacial score (nSPS) is 25.5. The molecule has 2 rings (SSSR count). The van der Waals surface area contributed by atoms with Crippen LogP contribution in [-0.2, 0) is 14.3 Å². The summed E-state index contributed by atoms with van der Waals surface area (Å²) >= 11 is 0. The second-order valence-corrected chi connectivity index (χ2v) is 15.4. The summed E-state index contributed by atoms with van der Waals surface area (Å²) in [5, 5.41) is 10.3. The van der Waals surface area contributed by atoms with E-state index in [4.69, 9.17) is 4.43 Å². The van der Waals surface area contributed by atoms with Crippen LogP contribution in [0.5, 0.6) is 0 Å². The molecule has 1 aromatic rings. The molecule has 0 amide bonds. The molecule has 4 nitrogen and oxygen atoms in total. The fourth-order valence-corrected chi connectivity index (χ4v) is 6.18. The van der Waals surface area contributed by atoms with E-state index in [0.29, 0.717) is 12.8 Å². The molecule has 0 bridgehead atoms. The van der Waals surface area contributed by atoms with E-state index < -0.39 is 24.3 Å². The minimum atomic E-state index is -3.65. The standard InChI is InChI=1S/C20H32O4SSi/c1-15-18(24-26(5,6)20(2,3)4)13-12-16(21)14-19(15)25(22,23)17-10-8-7-9-11-17/h7-11,14-16,18,21H,12-13H2,1-6H3. The predicted octanol–water partition coefficient (Wildman–Crippen LogP) is 4.53. The lowest BCUT2D eigenvalue weighted by atomic mass is 10.0. The lowest BCUT2D eigenvalue weighted by Gasteiger charge is -2.41. The Balaban J connectivity index is 2.40. The maximum atomic E-state index is 13.2. The quantitative estimate of drug-likeness (QED) is 0.760. The van der Waals surface area contributed by atoms with Crippen LogP contribution in [0.2, 0.25) is 18.1 Å². The summed E-state index contributed by atoms with van der Waals surface area (Å²) in [4.78, 5) is 0.538. The molecule has 26 heavy (non-hydrogen) atoms. The van der Waals surface area contributed by atoms with Gasteiger partial charge in [-0.1, -0.05) is 45.9 Å². The summed E-state index contributed by atoms with van der Waals surface area (Å²) in [6.07, 6.45) is 1.70. The van der Waals surface area contributed by atoms with Crippen molar-refractivity contribution in [2.75, 3.05) is 0 Å². The molecule has 0 spiro atoms. The van der Waals surface area contributed by atoms with Gasteiger partial charge in [0.05, 0.1) is 22.0 Å². The SMILES string of the molecule is CC1C(S(=O)(=O)c2ccccc2)=CC(O)CCC1O[Si](C)(C)C(C)(C)C. The Kier molecular flexibility index (Phi) is 6.22. The molecule has 1 aliphatic rings. The molecule has 0 heterocycles. The Bertz CT molecular complexity index is 748. The van der Waals surface area contributed by atoms with Crippen molar-refractivity contribution < 1.29 is 18.0 Å². The van der Waals surface area contributed by atoms with Crippen molar-refractivity contribution in [2.45, 2.75) is 75.8 Å². The van der Waals surface area contributed by atoms with Gasteiger partial charge in [0.15, 0.2) is 8.32 Å². The lowest BCUT2D eigenvalue weighted by molar-refractivity contribution is 0.120. The van der Waals surface area contributed by atoms with Crippen LogP contribution in [0.25, 0.3) is 0 Å². The van der Waals surface area contributed by atoms with E-state index in [1.165, 1.54) is 6.08 Å². The van der Waals surface area contributed by atoms with Crippen molar-refractivity contribution in [3.05, 3.63) is 41.3 Å². The van der Waals surface area contributed by atoms with Crippen molar-refractivity contribution in [3.63, 3.8) is 0 Å². The Morgan fingerprint density at radius 2 is 1.69 bits per heavy atom. The fourth-order valence-electron chi connectivity index (χ4n) is 2.98. The molecule has 1 aromatic carbocycles. The summed E-state index contributed by atoms with van der Waals surface area (Å²) in [6, 6.07) is 8.43. The van der Waals surface area contributed by atoms with E-state index in [1.807, 2.05) is 6.92 Å². The number of aliphatic hydroxyl groups excluding tert-OH is 1. The molecule has 0 aromatic heterocycles. The highest BCUT2D eigenvalue weighted by Crippen LogP contribution is 2.41. The maximum Gasteiger partial charge on any atom is 0.202 e. The molecule has 0 fully saturated rings. The van der Waals surface area contributed by atoms with Crippen LogP contribution in [0.15, 0.2) is 46.2 Å². The van der Waals surface area contributed by atoms with Crippen molar-refractivity contribution in [1.82, 2.24) is 0 Å². The van der Waals surface area contributed by atoms with Crippen LogP contribution in [-0.4, -0.2) is 34.0 Å². The highest BCUT2D eigenvalue weighted by atomic mass is 32.2. The van der Waals surface area contributed by atoms with E-state index in [1.54, 1.807) is 30.3 Å². The first kappa shape index (κ1) is 21.3. The smallest absolute Gasteiger partial charge is 0.202 e. The van der Waals surface area contributed by atoms with Gasteiger partial charge in [0, 0.05) is 5.92 Å². The van der Waals surface area contributed by atoms with E-state index in [0.717, 1.165) is 0 Å². The van der Waals surface area contributed by atoms with Crippen molar-refractivity contribution in [1.29, 1.82) is 0 Å². The van der Waals surface area contributed by atoms with Crippen LogP contribution in [0.4, 0.5) is 0 Å². The first-order valence-electron chi connectivity index (χ1n) is 9.24. The molecule has 6 heteroatoms. The Morgan fingerprint density at radius 1 is 1.12 bits per heavy atom. The molecular formula is C20H32O4SSi. The van der Waals surface area contributed by atoms with Crippen LogP contribution < -0.4 is 0 Å². The predicted molar refractivity (Wildman–Crippen MR) is 108 cm³/mol. The van der Waals surface area contributed by atoms with Gasteiger partial charge >= 0.3 is 0 Å². The third kappa shape index (κ3) is 4.47. The summed E-state index contributed by atoms with van der Waals surface area (Å²) in [6.45, 7) is 12.8. The molecule has 3 atom stereocenters. The van der Waals surface area contributed by atoms with Crippen molar-refractivity contribution in [2.24, 2.45) is 5.92 Å². The molecule has 1 N–H and O–H groups in total. The fraction of sp³-hybridized carbons (Fsp3) is 0.600. The highest BCUT2D eigenvalue weighted by molar-refractivity contribution is 7.95. The largest absolute Gasteiger partial charge is 0.413 e.